The van der Waals surface area contributed by atoms with Crippen LogP contribution in [-0.2, 0) is 6.54 Å². The van der Waals surface area contributed by atoms with Gasteiger partial charge in [0.05, 0.1) is 12.0 Å². The first kappa shape index (κ1) is 15.5. The Bertz CT molecular complexity index is 789. The molecular weight excluding hydrogens is 312 g/mol. The summed E-state index contributed by atoms with van der Waals surface area (Å²) in [5.41, 5.74) is 2.57. The number of aryl methyl sites for hydroxylation is 3. The number of aromatic nitrogens is 3. The third kappa shape index (κ3) is 3.68. The van der Waals surface area contributed by atoms with E-state index in [-0.39, 0.29) is 5.91 Å². The highest BCUT2D eigenvalue weighted by Gasteiger charge is 2.12. The molecule has 0 aliphatic heterocycles. The van der Waals surface area contributed by atoms with Crippen molar-refractivity contribution in [1.82, 2.24) is 20.1 Å². The highest BCUT2D eigenvalue weighted by molar-refractivity contribution is 7.13. The van der Waals surface area contributed by atoms with Gasteiger partial charge in [-0.3, -0.25) is 9.48 Å². The van der Waals surface area contributed by atoms with Crippen LogP contribution >= 0.6 is 11.3 Å². The number of nitrogens with zero attached hydrogens (tertiary/aromatic N) is 3. The molecule has 0 radical (unpaired) electrons. The van der Waals surface area contributed by atoms with Crippen molar-refractivity contribution in [2.24, 2.45) is 0 Å². The zero-order chi connectivity index (χ0) is 16.2. The number of nitrogens with one attached hydrogen (secondary N) is 1. The van der Waals surface area contributed by atoms with E-state index in [9.17, 15) is 4.79 Å². The Morgan fingerprint density at radius 3 is 3.00 bits per heavy atom. The van der Waals surface area contributed by atoms with Crippen LogP contribution in [0.2, 0.25) is 0 Å². The predicted molar refractivity (Wildman–Crippen MR) is 88.5 cm³/mol. The molecule has 1 amide bonds. The summed E-state index contributed by atoms with van der Waals surface area (Å²) in [5, 5.41) is 9.74. The second kappa shape index (κ2) is 6.78. The van der Waals surface area contributed by atoms with Crippen LogP contribution in [0.4, 0.5) is 0 Å². The maximum atomic E-state index is 12.1. The second-order valence-corrected chi connectivity index (χ2v) is 6.13. The predicted octanol–water partition coefficient (Wildman–Crippen LogP) is 3.04. The van der Waals surface area contributed by atoms with E-state index < -0.39 is 0 Å². The maximum absolute atomic E-state index is 12.1. The van der Waals surface area contributed by atoms with Crippen molar-refractivity contribution in [1.29, 1.82) is 0 Å². The summed E-state index contributed by atoms with van der Waals surface area (Å²) in [5.74, 6) is 0.519. The van der Waals surface area contributed by atoms with Crippen LogP contribution in [0.5, 0.6) is 0 Å². The fourth-order valence-corrected chi connectivity index (χ4v) is 3.08. The quantitative estimate of drug-likeness (QED) is 0.705. The van der Waals surface area contributed by atoms with E-state index in [1.165, 1.54) is 11.3 Å². The molecule has 1 N–H and O–H groups in total. The molecule has 0 aromatic carbocycles. The van der Waals surface area contributed by atoms with Crippen LogP contribution in [0.25, 0.3) is 10.8 Å². The van der Waals surface area contributed by atoms with E-state index in [1.54, 1.807) is 17.7 Å². The molecule has 0 unspecified atom stereocenters. The summed E-state index contributed by atoms with van der Waals surface area (Å²) < 4.78 is 7.24. The lowest BCUT2D eigenvalue weighted by Gasteiger charge is -2.05. The first-order valence-corrected chi connectivity index (χ1v) is 8.30. The van der Waals surface area contributed by atoms with Gasteiger partial charge in [0.15, 0.2) is 10.8 Å². The molecule has 0 aliphatic rings. The van der Waals surface area contributed by atoms with E-state index >= 15 is 0 Å². The monoisotopic (exact) mass is 330 g/mol. The molecule has 0 atom stereocenters. The van der Waals surface area contributed by atoms with E-state index in [4.69, 9.17) is 4.42 Å². The third-order valence-corrected chi connectivity index (χ3v) is 4.26. The minimum atomic E-state index is -0.160. The van der Waals surface area contributed by atoms with Gasteiger partial charge in [0.1, 0.15) is 5.69 Å². The molecule has 0 aliphatic carbocycles. The van der Waals surface area contributed by atoms with Crippen molar-refractivity contribution in [3.05, 3.63) is 46.9 Å². The van der Waals surface area contributed by atoms with Crippen LogP contribution in [0, 0.1) is 13.8 Å². The summed E-state index contributed by atoms with van der Waals surface area (Å²) >= 11 is 1.40. The molecule has 3 heterocycles. The number of amides is 1. The van der Waals surface area contributed by atoms with E-state index in [2.05, 4.69) is 15.4 Å². The second-order valence-electron chi connectivity index (χ2n) is 5.27. The van der Waals surface area contributed by atoms with E-state index in [0.29, 0.717) is 23.0 Å². The van der Waals surface area contributed by atoms with Gasteiger partial charge in [-0.15, -0.1) is 11.3 Å². The summed E-state index contributed by atoms with van der Waals surface area (Å²) in [6, 6.07) is 5.68. The Morgan fingerprint density at radius 2 is 2.30 bits per heavy atom. The standard InChI is InChI=1S/C16H18N4O2S/c1-11-9-12(2)20(19-11)7-4-6-17-15(21)13-10-23-16(18-13)14-5-3-8-22-14/h3,5,8-10H,4,6-7H2,1-2H3,(H,17,21). The van der Waals surface area contributed by atoms with Gasteiger partial charge in [0, 0.05) is 24.2 Å². The Morgan fingerprint density at radius 1 is 1.43 bits per heavy atom. The summed E-state index contributed by atoms with van der Waals surface area (Å²) in [6.07, 6.45) is 2.42. The smallest absolute Gasteiger partial charge is 0.270 e. The minimum Gasteiger partial charge on any atom is -0.462 e. The Kier molecular flexibility index (Phi) is 4.57. The van der Waals surface area contributed by atoms with Gasteiger partial charge >= 0.3 is 0 Å². The molecule has 3 aromatic heterocycles. The SMILES string of the molecule is Cc1cc(C)n(CCCNC(=O)c2csc(-c3ccco3)n2)n1. The number of hydrogen-bond donors (Lipinski definition) is 1. The van der Waals surface area contributed by atoms with Crippen molar-refractivity contribution in [2.45, 2.75) is 26.8 Å². The Balaban J connectivity index is 1.49. The minimum absolute atomic E-state index is 0.160. The number of thiazole rings is 1. The lowest BCUT2D eigenvalue weighted by Crippen LogP contribution is -2.25. The van der Waals surface area contributed by atoms with Gasteiger partial charge in [0.2, 0.25) is 0 Å². The maximum Gasteiger partial charge on any atom is 0.270 e. The van der Waals surface area contributed by atoms with E-state index in [0.717, 1.165) is 24.4 Å². The molecule has 0 spiro atoms. The van der Waals surface area contributed by atoms with E-state index in [1.807, 2.05) is 30.7 Å². The van der Waals surface area contributed by atoms with Crippen LogP contribution in [0.1, 0.15) is 28.3 Å². The summed E-state index contributed by atoms with van der Waals surface area (Å²) in [7, 11) is 0. The molecule has 7 heteroatoms. The fraction of sp³-hybridized carbons (Fsp3) is 0.312. The third-order valence-electron chi connectivity index (χ3n) is 3.40. The van der Waals surface area contributed by atoms with Crippen molar-refractivity contribution in [3.63, 3.8) is 0 Å². The zero-order valence-electron chi connectivity index (χ0n) is 13.1. The fourth-order valence-electron chi connectivity index (χ4n) is 2.31. The van der Waals surface area contributed by atoms with Crippen molar-refractivity contribution >= 4 is 17.2 Å². The molecule has 0 saturated carbocycles. The zero-order valence-corrected chi connectivity index (χ0v) is 13.9. The van der Waals surface area contributed by atoms with Crippen LogP contribution in [0.15, 0.2) is 34.3 Å². The number of carbonyl (C=O) groups excluding carboxylic acids is 1. The molecule has 3 rings (SSSR count). The molecule has 120 valence electrons. The number of furan rings is 1. The van der Waals surface area contributed by atoms with Crippen LogP contribution in [-0.4, -0.2) is 27.2 Å². The molecule has 0 bridgehead atoms. The summed E-state index contributed by atoms with van der Waals surface area (Å²) in [6.45, 7) is 5.38. The van der Waals surface area contributed by atoms with Gasteiger partial charge in [-0.2, -0.15) is 5.10 Å². The molecule has 3 aromatic rings. The highest BCUT2D eigenvalue weighted by atomic mass is 32.1. The lowest BCUT2D eigenvalue weighted by molar-refractivity contribution is 0.0948. The number of carbonyl (C=O) groups is 1. The van der Waals surface area contributed by atoms with Gasteiger partial charge in [-0.1, -0.05) is 0 Å². The highest BCUT2D eigenvalue weighted by Crippen LogP contribution is 2.23. The molecule has 23 heavy (non-hydrogen) atoms. The van der Waals surface area contributed by atoms with Crippen LogP contribution < -0.4 is 5.32 Å². The average Bonchev–Trinajstić information content (AvgIpc) is 3.24. The molecule has 6 nitrogen and oxygen atoms in total. The number of rotatable bonds is 6. The van der Waals surface area contributed by atoms with Crippen molar-refractivity contribution < 1.29 is 9.21 Å². The molecule has 0 saturated heterocycles. The molecular formula is C16H18N4O2S. The molecule has 0 fully saturated rings. The largest absolute Gasteiger partial charge is 0.462 e. The first-order chi connectivity index (χ1) is 11.1. The number of hydrogen-bond acceptors (Lipinski definition) is 5. The Hall–Kier alpha value is -2.41. The van der Waals surface area contributed by atoms with Gasteiger partial charge < -0.3 is 9.73 Å². The van der Waals surface area contributed by atoms with Crippen LogP contribution in [0.3, 0.4) is 0 Å². The van der Waals surface area contributed by atoms with Gasteiger partial charge in [0.25, 0.3) is 5.91 Å². The summed E-state index contributed by atoms with van der Waals surface area (Å²) in [4.78, 5) is 16.4. The lowest BCUT2D eigenvalue weighted by atomic mass is 10.3. The van der Waals surface area contributed by atoms with Crippen molar-refractivity contribution in [2.75, 3.05) is 6.54 Å². The normalized spacial score (nSPS) is 10.9. The van der Waals surface area contributed by atoms with Gasteiger partial charge in [-0.25, -0.2) is 4.98 Å². The first-order valence-electron chi connectivity index (χ1n) is 7.42. The average molecular weight is 330 g/mol. The Labute approximate surface area is 138 Å². The van der Waals surface area contributed by atoms with Crippen molar-refractivity contribution in [3.8, 4) is 10.8 Å². The van der Waals surface area contributed by atoms with Gasteiger partial charge in [-0.05, 0) is 38.5 Å². The topological polar surface area (TPSA) is 73.0 Å².